The number of pyridine rings is 1. The van der Waals surface area contributed by atoms with Crippen LogP contribution in [0.25, 0.3) is 0 Å². The van der Waals surface area contributed by atoms with Crippen molar-refractivity contribution in [3.8, 4) is 0 Å². The molecule has 1 aliphatic rings. The van der Waals surface area contributed by atoms with E-state index < -0.39 is 11.9 Å². The molecule has 1 saturated carbocycles. The van der Waals surface area contributed by atoms with Gasteiger partial charge in [-0.05, 0) is 18.6 Å². The van der Waals surface area contributed by atoms with Crippen LogP contribution in [-0.2, 0) is 9.59 Å². The quantitative estimate of drug-likeness (QED) is 0.820. The van der Waals surface area contributed by atoms with Crippen LogP contribution < -0.4 is 0 Å². The molecule has 0 amide bonds. The van der Waals surface area contributed by atoms with E-state index in [1.807, 2.05) is 6.07 Å². The van der Waals surface area contributed by atoms with E-state index in [1.54, 1.807) is 18.3 Å². The van der Waals surface area contributed by atoms with Crippen LogP contribution in [0, 0.1) is 5.92 Å². The number of nitrogens with zero attached hydrogens (tertiary/aromatic N) is 1. The summed E-state index contributed by atoms with van der Waals surface area (Å²) in [5.41, 5.74) is 0.711. The van der Waals surface area contributed by atoms with E-state index in [0.29, 0.717) is 25.0 Å². The normalized spacial score (nSPS) is 25.4. The maximum atomic E-state index is 11.4. The Morgan fingerprint density at radius 1 is 1.44 bits per heavy atom. The van der Waals surface area contributed by atoms with Gasteiger partial charge in [-0.15, -0.1) is 0 Å². The van der Waals surface area contributed by atoms with Gasteiger partial charge in [-0.2, -0.15) is 0 Å². The van der Waals surface area contributed by atoms with Gasteiger partial charge in [0.15, 0.2) is 0 Å². The number of Topliss-reactive ketones (excluding diaryl/α,β-unsaturated/α-hetero) is 1. The molecule has 84 valence electrons. The van der Waals surface area contributed by atoms with Gasteiger partial charge in [0.1, 0.15) is 5.78 Å². The number of aliphatic carboxylic acids is 1. The van der Waals surface area contributed by atoms with E-state index in [2.05, 4.69) is 4.98 Å². The lowest BCUT2D eigenvalue weighted by molar-refractivity contribution is -0.144. The summed E-state index contributed by atoms with van der Waals surface area (Å²) in [6.07, 6.45) is 2.73. The van der Waals surface area contributed by atoms with Gasteiger partial charge in [0.2, 0.25) is 0 Å². The number of hydrogen-bond acceptors (Lipinski definition) is 3. The molecule has 0 spiro atoms. The van der Waals surface area contributed by atoms with Crippen LogP contribution in [0.15, 0.2) is 24.4 Å². The Morgan fingerprint density at radius 3 is 2.88 bits per heavy atom. The molecule has 4 nitrogen and oxygen atoms in total. The first-order chi connectivity index (χ1) is 7.68. The fourth-order valence-electron chi connectivity index (χ4n) is 2.21. The van der Waals surface area contributed by atoms with Crippen molar-refractivity contribution in [2.24, 2.45) is 5.92 Å². The number of ketones is 1. The highest BCUT2D eigenvalue weighted by molar-refractivity contribution is 5.83. The first kappa shape index (κ1) is 10.8. The highest BCUT2D eigenvalue weighted by Crippen LogP contribution is 2.35. The Labute approximate surface area is 93.3 Å². The van der Waals surface area contributed by atoms with Crippen LogP contribution in [0.4, 0.5) is 0 Å². The van der Waals surface area contributed by atoms with Gasteiger partial charge in [-0.1, -0.05) is 6.07 Å². The molecule has 0 bridgehead atoms. The minimum absolute atomic E-state index is 0.133. The topological polar surface area (TPSA) is 67.3 Å². The molecule has 0 aromatic carbocycles. The maximum absolute atomic E-state index is 11.4. The first-order valence-electron chi connectivity index (χ1n) is 5.34. The Bertz CT molecular complexity index is 402. The van der Waals surface area contributed by atoms with Crippen molar-refractivity contribution in [2.45, 2.75) is 25.2 Å². The van der Waals surface area contributed by atoms with Crippen LogP contribution in [0.2, 0.25) is 0 Å². The van der Waals surface area contributed by atoms with Crippen molar-refractivity contribution < 1.29 is 14.7 Å². The number of rotatable bonds is 2. The van der Waals surface area contributed by atoms with Gasteiger partial charge in [-0.25, -0.2) is 0 Å². The van der Waals surface area contributed by atoms with E-state index in [-0.39, 0.29) is 11.7 Å². The summed E-state index contributed by atoms with van der Waals surface area (Å²) < 4.78 is 0. The molecule has 2 rings (SSSR count). The van der Waals surface area contributed by atoms with Crippen LogP contribution in [0.3, 0.4) is 0 Å². The lowest BCUT2D eigenvalue weighted by Crippen LogP contribution is -2.29. The van der Waals surface area contributed by atoms with E-state index in [9.17, 15) is 9.59 Å². The second kappa shape index (κ2) is 4.43. The van der Waals surface area contributed by atoms with E-state index >= 15 is 0 Å². The lowest BCUT2D eigenvalue weighted by Gasteiger charge is -2.27. The monoisotopic (exact) mass is 219 g/mol. The average Bonchev–Trinajstić information content (AvgIpc) is 2.29. The Balaban J connectivity index is 2.27. The molecule has 16 heavy (non-hydrogen) atoms. The van der Waals surface area contributed by atoms with Gasteiger partial charge in [0.05, 0.1) is 5.92 Å². The second-order valence-corrected chi connectivity index (χ2v) is 4.09. The summed E-state index contributed by atoms with van der Waals surface area (Å²) in [6.45, 7) is 0. The Kier molecular flexibility index (Phi) is 2.99. The fraction of sp³-hybridized carbons (Fsp3) is 0.417. The van der Waals surface area contributed by atoms with Crippen molar-refractivity contribution in [2.75, 3.05) is 0 Å². The van der Waals surface area contributed by atoms with Gasteiger partial charge in [-0.3, -0.25) is 14.6 Å². The van der Waals surface area contributed by atoms with Crippen molar-refractivity contribution in [1.29, 1.82) is 0 Å². The highest BCUT2D eigenvalue weighted by atomic mass is 16.4. The fourth-order valence-corrected chi connectivity index (χ4v) is 2.21. The largest absolute Gasteiger partial charge is 0.481 e. The smallest absolute Gasteiger partial charge is 0.307 e. The number of carbonyl (C=O) groups excluding carboxylic acids is 1. The number of aromatic nitrogens is 1. The molecule has 0 radical (unpaired) electrons. The molecule has 4 heteroatoms. The van der Waals surface area contributed by atoms with Gasteiger partial charge < -0.3 is 5.11 Å². The molecule has 2 atom stereocenters. The van der Waals surface area contributed by atoms with Crippen LogP contribution >= 0.6 is 0 Å². The summed E-state index contributed by atoms with van der Waals surface area (Å²) in [5, 5.41) is 9.12. The minimum Gasteiger partial charge on any atom is -0.481 e. The number of carbonyl (C=O) groups is 2. The zero-order valence-corrected chi connectivity index (χ0v) is 8.80. The minimum atomic E-state index is -0.830. The molecular weight excluding hydrogens is 206 g/mol. The highest BCUT2D eigenvalue weighted by Gasteiger charge is 2.35. The third-order valence-corrected chi connectivity index (χ3v) is 3.05. The molecule has 1 fully saturated rings. The Hall–Kier alpha value is -1.71. The molecule has 0 aliphatic heterocycles. The molecule has 1 aromatic rings. The molecule has 1 N–H and O–H groups in total. The summed E-state index contributed by atoms with van der Waals surface area (Å²) >= 11 is 0. The molecule has 1 aliphatic carbocycles. The third-order valence-electron chi connectivity index (χ3n) is 3.05. The summed E-state index contributed by atoms with van der Waals surface area (Å²) in [6, 6.07) is 5.39. The number of carboxylic acids is 1. The predicted octanol–water partition coefficient (Wildman–Crippen LogP) is 1.62. The molecule has 1 aromatic heterocycles. The van der Waals surface area contributed by atoms with Gasteiger partial charge >= 0.3 is 5.97 Å². The van der Waals surface area contributed by atoms with Crippen molar-refractivity contribution >= 4 is 11.8 Å². The van der Waals surface area contributed by atoms with E-state index in [1.165, 1.54) is 0 Å². The molecular formula is C12H13NO3. The summed E-state index contributed by atoms with van der Waals surface area (Å²) in [4.78, 5) is 26.7. The first-order valence-corrected chi connectivity index (χ1v) is 5.34. The zero-order chi connectivity index (χ0) is 11.5. The number of carboxylic acid groups (broad SMARTS) is 1. The number of hydrogen-bond donors (Lipinski definition) is 1. The zero-order valence-electron chi connectivity index (χ0n) is 8.80. The SMILES string of the molecule is O=C1CCC(C(=O)O)C(c2ccccn2)C1. The van der Waals surface area contributed by atoms with Crippen molar-refractivity contribution in [1.82, 2.24) is 4.98 Å². The summed E-state index contributed by atoms with van der Waals surface area (Å²) in [7, 11) is 0. The van der Waals surface area contributed by atoms with Crippen LogP contribution in [0.5, 0.6) is 0 Å². The van der Waals surface area contributed by atoms with E-state index in [0.717, 1.165) is 0 Å². The van der Waals surface area contributed by atoms with Gasteiger partial charge in [0, 0.05) is 30.7 Å². The van der Waals surface area contributed by atoms with E-state index in [4.69, 9.17) is 5.11 Å². The Morgan fingerprint density at radius 2 is 2.25 bits per heavy atom. The van der Waals surface area contributed by atoms with Crippen LogP contribution in [0.1, 0.15) is 30.9 Å². The maximum Gasteiger partial charge on any atom is 0.307 e. The van der Waals surface area contributed by atoms with Crippen LogP contribution in [-0.4, -0.2) is 21.8 Å². The lowest BCUT2D eigenvalue weighted by atomic mass is 9.77. The van der Waals surface area contributed by atoms with Crippen molar-refractivity contribution in [3.05, 3.63) is 30.1 Å². The molecule has 2 unspecified atom stereocenters. The standard InChI is InChI=1S/C12H13NO3/c14-8-4-5-9(12(15)16)10(7-8)11-3-1-2-6-13-11/h1-3,6,9-10H,4-5,7H2,(H,15,16). The average molecular weight is 219 g/mol. The van der Waals surface area contributed by atoms with Gasteiger partial charge in [0.25, 0.3) is 0 Å². The predicted molar refractivity (Wildman–Crippen MR) is 57.0 cm³/mol. The van der Waals surface area contributed by atoms with Crippen molar-refractivity contribution in [3.63, 3.8) is 0 Å². The third kappa shape index (κ3) is 2.10. The molecule has 1 heterocycles. The summed E-state index contributed by atoms with van der Waals surface area (Å²) in [5.74, 6) is -1.44. The second-order valence-electron chi connectivity index (χ2n) is 4.09. The molecule has 0 saturated heterocycles.